The molecule has 2 aromatic rings. The molecule has 2 amide bonds. The molecule has 2 aliphatic heterocycles. The lowest BCUT2D eigenvalue weighted by Gasteiger charge is -2.36. The molecule has 0 saturated carbocycles. The number of hydrogen-bond donors (Lipinski definition) is 1. The minimum Gasteiger partial charge on any atom is -0.368 e. The fraction of sp³-hybridized carbons (Fsp3) is 0.400. The quantitative estimate of drug-likeness (QED) is 0.899. The van der Waals surface area contributed by atoms with Crippen molar-refractivity contribution >= 4 is 23.2 Å². The fourth-order valence-corrected chi connectivity index (χ4v) is 5.00. The molecule has 2 atom stereocenters. The molecule has 136 valence electrons. The van der Waals surface area contributed by atoms with E-state index >= 15 is 0 Å². The summed E-state index contributed by atoms with van der Waals surface area (Å²) in [5.74, 6) is -0.268. The van der Waals surface area contributed by atoms with Gasteiger partial charge in [0.05, 0.1) is 18.6 Å². The Bertz CT molecular complexity index is 805. The van der Waals surface area contributed by atoms with E-state index in [0.29, 0.717) is 13.0 Å². The maximum atomic E-state index is 13.0. The molecule has 1 unspecified atom stereocenters. The van der Waals surface area contributed by atoms with E-state index in [0.717, 1.165) is 24.9 Å². The van der Waals surface area contributed by atoms with Gasteiger partial charge in [-0.15, -0.1) is 11.3 Å². The van der Waals surface area contributed by atoms with Gasteiger partial charge in [0.2, 0.25) is 11.8 Å². The van der Waals surface area contributed by atoms with Crippen LogP contribution in [0.5, 0.6) is 0 Å². The molecule has 0 radical (unpaired) electrons. The molecule has 2 N–H and O–H groups in total. The van der Waals surface area contributed by atoms with Crippen LogP contribution < -0.4 is 5.73 Å². The van der Waals surface area contributed by atoms with Crippen molar-refractivity contribution in [3.05, 3.63) is 57.8 Å². The molecule has 6 heteroatoms. The maximum Gasteiger partial charge on any atom is 0.237 e. The van der Waals surface area contributed by atoms with E-state index in [4.69, 9.17) is 5.73 Å². The number of thiophene rings is 1. The maximum absolute atomic E-state index is 13.0. The van der Waals surface area contributed by atoms with Gasteiger partial charge in [0, 0.05) is 18.0 Å². The zero-order chi connectivity index (χ0) is 18.1. The lowest BCUT2D eigenvalue weighted by molar-refractivity contribution is -0.135. The van der Waals surface area contributed by atoms with Gasteiger partial charge in [0.1, 0.15) is 0 Å². The van der Waals surface area contributed by atoms with Crippen molar-refractivity contribution in [1.29, 1.82) is 0 Å². The second-order valence-corrected chi connectivity index (χ2v) is 8.04. The number of fused-ring (bicyclic) bond motifs is 1. The van der Waals surface area contributed by atoms with Crippen LogP contribution in [0.4, 0.5) is 0 Å². The van der Waals surface area contributed by atoms with E-state index in [2.05, 4.69) is 17.5 Å². The van der Waals surface area contributed by atoms with Crippen molar-refractivity contribution in [2.45, 2.75) is 37.9 Å². The highest BCUT2D eigenvalue weighted by Gasteiger charge is 2.35. The van der Waals surface area contributed by atoms with E-state index in [1.54, 1.807) is 11.3 Å². The summed E-state index contributed by atoms with van der Waals surface area (Å²) in [6, 6.07) is 12.0. The summed E-state index contributed by atoms with van der Waals surface area (Å²) in [6.07, 6.45) is 2.61. The number of carbonyl (C=O) groups is 2. The summed E-state index contributed by atoms with van der Waals surface area (Å²) >= 11 is 1.70. The predicted molar refractivity (Wildman–Crippen MR) is 102 cm³/mol. The number of rotatable bonds is 4. The monoisotopic (exact) mass is 369 g/mol. The van der Waals surface area contributed by atoms with Crippen LogP contribution in [0.3, 0.4) is 0 Å². The van der Waals surface area contributed by atoms with E-state index in [1.165, 1.54) is 10.4 Å². The highest BCUT2D eigenvalue weighted by Crippen LogP contribution is 2.35. The molecule has 0 aliphatic carbocycles. The number of hydrogen-bond acceptors (Lipinski definition) is 4. The first-order valence-corrected chi connectivity index (χ1v) is 9.94. The van der Waals surface area contributed by atoms with Gasteiger partial charge < -0.3 is 10.6 Å². The summed E-state index contributed by atoms with van der Waals surface area (Å²) in [5.41, 5.74) is 7.97. The zero-order valence-corrected chi connectivity index (χ0v) is 15.5. The Morgan fingerprint density at radius 1 is 1.15 bits per heavy atom. The highest BCUT2D eigenvalue weighted by molar-refractivity contribution is 7.10. The van der Waals surface area contributed by atoms with Gasteiger partial charge in [-0.05, 0) is 41.8 Å². The number of primary amides is 1. The summed E-state index contributed by atoms with van der Waals surface area (Å²) in [5, 5.41) is 2.06. The molecular weight excluding hydrogens is 346 g/mol. The number of benzene rings is 1. The molecule has 1 aromatic heterocycles. The minimum absolute atomic E-state index is 0.0894. The average molecular weight is 369 g/mol. The number of nitrogens with zero attached hydrogens (tertiary/aromatic N) is 2. The van der Waals surface area contributed by atoms with Crippen LogP contribution in [0, 0.1) is 0 Å². The highest BCUT2D eigenvalue weighted by atomic mass is 32.1. The topological polar surface area (TPSA) is 66.6 Å². The predicted octanol–water partition coefficient (Wildman–Crippen LogP) is 2.32. The smallest absolute Gasteiger partial charge is 0.237 e. The summed E-state index contributed by atoms with van der Waals surface area (Å²) in [7, 11) is 0. The standard InChI is InChI=1S/C20H23N3O2S/c21-20(25)17-11-14-5-1-2-6-15(14)12-22(17)13-19(24)23-9-3-7-16(23)18-8-4-10-26-18/h1-2,4-6,8,10,16-17H,3,7,9,11-13H2,(H2,21,25)/t16?,17-/m0/s1. The number of nitrogens with two attached hydrogens (primary N) is 1. The first-order valence-electron chi connectivity index (χ1n) is 9.06. The second kappa shape index (κ2) is 7.21. The van der Waals surface area contributed by atoms with Crippen LogP contribution in [0.2, 0.25) is 0 Å². The van der Waals surface area contributed by atoms with Crippen LogP contribution >= 0.6 is 11.3 Å². The molecule has 26 heavy (non-hydrogen) atoms. The summed E-state index contributed by atoms with van der Waals surface area (Å²) in [6.45, 7) is 1.61. The van der Waals surface area contributed by atoms with Gasteiger partial charge in [-0.25, -0.2) is 0 Å². The van der Waals surface area contributed by atoms with Crippen LogP contribution in [0.15, 0.2) is 41.8 Å². The molecule has 0 spiro atoms. The van der Waals surface area contributed by atoms with Crippen LogP contribution in [-0.4, -0.2) is 40.7 Å². The molecule has 4 rings (SSSR count). The number of carbonyl (C=O) groups excluding carboxylic acids is 2. The Labute approximate surface area is 157 Å². The molecule has 5 nitrogen and oxygen atoms in total. The summed E-state index contributed by atoms with van der Waals surface area (Å²) < 4.78 is 0. The van der Waals surface area contributed by atoms with Gasteiger partial charge in [-0.1, -0.05) is 30.3 Å². The minimum atomic E-state index is -0.420. The third-order valence-corrected chi connectivity index (χ3v) is 6.43. The Kier molecular flexibility index (Phi) is 4.78. The first-order chi connectivity index (χ1) is 12.6. The SMILES string of the molecule is NC(=O)[C@@H]1Cc2ccccc2CN1CC(=O)N1CCCC1c1cccs1. The van der Waals surface area contributed by atoms with Crippen molar-refractivity contribution in [2.75, 3.05) is 13.1 Å². The van der Waals surface area contributed by atoms with Crippen LogP contribution in [0.25, 0.3) is 0 Å². The van der Waals surface area contributed by atoms with E-state index in [1.807, 2.05) is 34.1 Å². The first kappa shape index (κ1) is 17.2. The number of amides is 2. The van der Waals surface area contributed by atoms with Crippen molar-refractivity contribution in [2.24, 2.45) is 5.73 Å². The van der Waals surface area contributed by atoms with Crippen molar-refractivity contribution in [3.8, 4) is 0 Å². The Balaban J connectivity index is 1.51. The third kappa shape index (κ3) is 3.27. The Hall–Kier alpha value is -2.18. The molecule has 1 aromatic carbocycles. The lowest BCUT2D eigenvalue weighted by Crippen LogP contribution is -2.52. The van der Waals surface area contributed by atoms with Gasteiger partial charge in [-0.2, -0.15) is 0 Å². The molecule has 2 aliphatic rings. The van der Waals surface area contributed by atoms with Crippen LogP contribution in [0.1, 0.15) is 34.9 Å². The summed E-state index contributed by atoms with van der Waals surface area (Å²) in [4.78, 5) is 30.2. The molecule has 3 heterocycles. The van der Waals surface area contributed by atoms with Gasteiger partial charge in [0.15, 0.2) is 0 Å². The van der Waals surface area contributed by atoms with Gasteiger partial charge >= 0.3 is 0 Å². The molecule has 0 bridgehead atoms. The van der Waals surface area contributed by atoms with Crippen LogP contribution in [-0.2, 0) is 22.6 Å². The third-order valence-electron chi connectivity index (χ3n) is 5.46. The van der Waals surface area contributed by atoms with E-state index in [-0.39, 0.29) is 24.4 Å². The number of likely N-dealkylation sites (tertiary alicyclic amines) is 1. The van der Waals surface area contributed by atoms with E-state index < -0.39 is 6.04 Å². The Morgan fingerprint density at radius 2 is 1.96 bits per heavy atom. The lowest BCUT2D eigenvalue weighted by atomic mass is 9.93. The van der Waals surface area contributed by atoms with Gasteiger partial charge in [0.25, 0.3) is 0 Å². The second-order valence-electron chi connectivity index (χ2n) is 7.06. The fourth-order valence-electron chi connectivity index (χ4n) is 4.13. The average Bonchev–Trinajstić information content (AvgIpc) is 3.32. The largest absolute Gasteiger partial charge is 0.368 e. The molecule has 1 saturated heterocycles. The van der Waals surface area contributed by atoms with E-state index in [9.17, 15) is 9.59 Å². The van der Waals surface area contributed by atoms with Crippen molar-refractivity contribution < 1.29 is 9.59 Å². The molecule has 1 fully saturated rings. The van der Waals surface area contributed by atoms with Crippen molar-refractivity contribution in [3.63, 3.8) is 0 Å². The zero-order valence-electron chi connectivity index (χ0n) is 14.6. The molecular formula is C20H23N3O2S. The normalized spacial score (nSPS) is 23.0. The van der Waals surface area contributed by atoms with Crippen molar-refractivity contribution in [1.82, 2.24) is 9.80 Å². The Morgan fingerprint density at radius 3 is 2.69 bits per heavy atom. The van der Waals surface area contributed by atoms with Gasteiger partial charge in [-0.3, -0.25) is 14.5 Å².